The van der Waals surface area contributed by atoms with Gasteiger partial charge < -0.3 is 10.2 Å². The molecule has 0 radical (unpaired) electrons. The summed E-state index contributed by atoms with van der Waals surface area (Å²) in [6, 6.07) is 1.65. The van der Waals surface area contributed by atoms with E-state index in [1.807, 2.05) is 5.01 Å². The molecule has 0 saturated carbocycles. The van der Waals surface area contributed by atoms with Crippen LogP contribution in [0.3, 0.4) is 0 Å². The number of hydrogen-bond donors (Lipinski definition) is 3. The van der Waals surface area contributed by atoms with Crippen molar-refractivity contribution in [1.29, 1.82) is 0 Å². The molecule has 2 rings (SSSR count). The fourth-order valence-electron chi connectivity index (χ4n) is 1.58. The van der Waals surface area contributed by atoms with Crippen LogP contribution in [0.15, 0.2) is 18.5 Å². The molecular formula is C10H15N5O2. The highest BCUT2D eigenvalue weighted by atomic mass is 16.5. The second kappa shape index (κ2) is 5.58. The summed E-state index contributed by atoms with van der Waals surface area (Å²) in [4.78, 5) is 15.9. The number of nitrogens with one attached hydrogen (secondary N) is 2. The van der Waals surface area contributed by atoms with E-state index in [0.717, 1.165) is 0 Å². The number of carbonyl (C=O) groups is 1. The lowest BCUT2D eigenvalue weighted by Crippen LogP contribution is -2.48. The first-order valence-corrected chi connectivity index (χ1v) is 5.35. The van der Waals surface area contributed by atoms with Crippen LogP contribution in [0, 0.1) is 0 Å². The first-order valence-electron chi connectivity index (χ1n) is 5.35. The van der Waals surface area contributed by atoms with Gasteiger partial charge in [-0.05, 0) is 6.07 Å². The quantitative estimate of drug-likeness (QED) is 0.477. The van der Waals surface area contributed by atoms with Crippen molar-refractivity contribution in [3.05, 3.63) is 24.0 Å². The second-order valence-electron chi connectivity index (χ2n) is 3.61. The molecule has 0 unspecified atom stereocenters. The Morgan fingerprint density at radius 1 is 1.47 bits per heavy atom. The number of nitrogens with two attached hydrogens (primary N) is 1. The van der Waals surface area contributed by atoms with Gasteiger partial charge in [-0.1, -0.05) is 0 Å². The third kappa shape index (κ3) is 2.90. The van der Waals surface area contributed by atoms with E-state index in [0.29, 0.717) is 37.6 Å². The van der Waals surface area contributed by atoms with Crippen LogP contribution in [-0.4, -0.2) is 42.2 Å². The molecule has 7 nitrogen and oxygen atoms in total. The Kier molecular flexibility index (Phi) is 3.86. The molecule has 1 fully saturated rings. The largest absolute Gasteiger partial charge is 0.379 e. The lowest BCUT2D eigenvalue weighted by atomic mass is 10.2. The van der Waals surface area contributed by atoms with Crippen molar-refractivity contribution in [2.45, 2.75) is 0 Å². The van der Waals surface area contributed by atoms with E-state index >= 15 is 0 Å². The Balaban J connectivity index is 2.03. The van der Waals surface area contributed by atoms with Gasteiger partial charge in [-0.15, -0.1) is 0 Å². The molecule has 1 amide bonds. The van der Waals surface area contributed by atoms with Crippen LogP contribution < -0.4 is 16.7 Å². The van der Waals surface area contributed by atoms with Crippen LogP contribution in [0.5, 0.6) is 0 Å². The van der Waals surface area contributed by atoms with Crippen molar-refractivity contribution in [1.82, 2.24) is 15.4 Å². The van der Waals surface area contributed by atoms with Gasteiger partial charge >= 0.3 is 0 Å². The van der Waals surface area contributed by atoms with E-state index in [1.54, 1.807) is 12.3 Å². The van der Waals surface area contributed by atoms with Gasteiger partial charge in [0, 0.05) is 25.5 Å². The number of amides is 1. The first-order chi connectivity index (χ1) is 8.31. The molecule has 0 atom stereocenters. The summed E-state index contributed by atoms with van der Waals surface area (Å²) in [5, 5.41) is 1.82. The van der Waals surface area contributed by atoms with Gasteiger partial charge in [0.15, 0.2) is 0 Å². The minimum atomic E-state index is -0.229. The number of ether oxygens (including phenoxy) is 1. The fourth-order valence-corrected chi connectivity index (χ4v) is 1.58. The number of morpholine rings is 1. The SMILES string of the molecule is NNc1ccncc1C(=O)NN1CCOCC1. The zero-order valence-electron chi connectivity index (χ0n) is 9.35. The molecule has 1 aliphatic heterocycles. The minimum absolute atomic E-state index is 0.229. The number of anilines is 1. The number of nitrogens with zero attached hydrogens (tertiary/aromatic N) is 2. The van der Waals surface area contributed by atoms with Gasteiger partial charge in [0.2, 0.25) is 0 Å². The third-order valence-corrected chi connectivity index (χ3v) is 2.49. The van der Waals surface area contributed by atoms with Crippen LogP contribution in [0.2, 0.25) is 0 Å². The molecule has 0 aliphatic carbocycles. The monoisotopic (exact) mass is 237 g/mol. The summed E-state index contributed by atoms with van der Waals surface area (Å²) < 4.78 is 5.19. The highest BCUT2D eigenvalue weighted by Gasteiger charge is 2.16. The van der Waals surface area contributed by atoms with Crippen LogP contribution in [-0.2, 0) is 4.74 Å². The summed E-state index contributed by atoms with van der Waals surface area (Å²) in [6.07, 6.45) is 3.05. The number of nitrogen functional groups attached to an aromatic ring is 1. The van der Waals surface area contributed by atoms with Crippen molar-refractivity contribution >= 4 is 11.6 Å². The Morgan fingerprint density at radius 3 is 2.94 bits per heavy atom. The van der Waals surface area contributed by atoms with Gasteiger partial charge in [-0.2, -0.15) is 0 Å². The summed E-state index contributed by atoms with van der Waals surface area (Å²) in [6.45, 7) is 2.60. The number of hydrogen-bond acceptors (Lipinski definition) is 6. The molecule has 7 heteroatoms. The third-order valence-electron chi connectivity index (χ3n) is 2.49. The molecule has 1 aromatic heterocycles. The molecular weight excluding hydrogens is 222 g/mol. The van der Waals surface area contributed by atoms with Crippen molar-refractivity contribution in [3.8, 4) is 0 Å². The lowest BCUT2D eigenvalue weighted by molar-refractivity contribution is 0.0126. The molecule has 1 aliphatic rings. The molecule has 1 saturated heterocycles. The molecule has 2 heterocycles. The molecule has 1 aromatic rings. The second-order valence-corrected chi connectivity index (χ2v) is 3.61. The summed E-state index contributed by atoms with van der Waals surface area (Å²) in [5.41, 5.74) is 6.22. The standard InChI is InChI=1S/C10H15N5O2/c11-13-9-1-2-12-7-8(9)10(16)14-15-3-5-17-6-4-15/h1-2,7H,3-6,11H2,(H,12,13)(H,14,16). The number of hydrazine groups is 2. The predicted molar refractivity (Wildman–Crippen MR) is 61.9 cm³/mol. The molecule has 4 N–H and O–H groups in total. The van der Waals surface area contributed by atoms with Crippen molar-refractivity contribution in [3.63, 3.8) is 0 Å². The molecule has 0 aromatic carbocycles. The van der Waals surface area contributed by atoms with E-state index in [9.17, 15) is 4.79 Å². The minimum Gasteiger partial charge on any atom is -0.379 e. The Labute approximate surface area is 98.9 Å². The Hall–Kier alpha value is -1.70. The number of aromatic nitrogens is 1. The van der Waals surface area contributed by atoms with Crippen LogP contribution >= 0.6 is 0 Å². The van der Waals surface area contributed by atoms with E-state index < -0.39 is 0 Å². The Bertz CT molecular complexity index is 392. The van der Waals surface area contributed by atoms with Crippen molar-refractivity contribution in [2.75, 3.05) is 31.7 Å². The lowest BCUT2D eigenvalue weighted by Gasteiger charge is -2.27. The van der Waals surface area contributed by atoms with Gasteiger partial charge in [-0.3, -0.25) is 21.0 Å². The Morgan fingerprint density at radius 2 is 2.24 bits per heavy atom. The fraction of sp³-hybridized carbons (Fsp3) is 0.400. The van der Waals surface area contributed by atoms with Gasteiger partial charge in [0.25, 0.3) is 5.91 Å². The van der Waals surface area contributed by atoms with Crippen molar-refractivity contribution < 1.29 is 9.53 Å². The number of rotatable bonds is 3. The summed E-state index contributed by atoms with van der Waals surface area (Å²) >= 11 is 0. The normalized spacial score (nSPS) is 16.5. The van der Waals surface area contributed by atoms with E-state index in [2.05, 4.69) is 15.8 Å². The van der Waals surface area contributed by atoms with Gasteiger partial charge in [-0.25, -0.2) is 5.01 Å². The van der Waals surface area contributed by atoms with Crippen LogP contribution in [0.1, 0.15) is 10.4 Å². The molecule has 0 bridgehead atoms. The summed E-state index contributed by atoms with van der Waals surface area (Å²) in [7, 11) is 0. The topological polar surface area (TPSA) is 92.5 Å². The van der Waals surface area contributed by atoms with E-state index in [1.165, 1.54) is 6.20 Å². The van der Waals surface area contributed by atoms with E-state index in [4.69, 9.17) is 10.6 Å². The van der Waals surface area contributed by atoms with Gasteiger partial charge in [0.1, 0.15) is 0 Å². The molecule has 0 spiro atoms. The van der Waals surface area contributed by atoms with Gasteiger partial charge in [0.05, 0.1) is 24.5 Å². The van der Waals surface area contributed by atoms with E-state index in [-0.39, 0.29) is 5.91 Å². The molecule has 17 heavy (non-hydrogen) atoms. The molecule has 92 valence electrons. The maximum absolute atomic E-state index is 12.0. The smallest absolute Gasteiger partial charge is 0.269 e. The average Bonchev–Trinajstić information content (AvgIpc) is 2.40. The maximum atomic E-state index is 12.0. The first kappa shape index (κ1) is 11.8. The zero-order valence-corrected chi connectivity index (χ0v) is 9.35. The van der Waals surface area contributed by atoms with Crippen LogP contribution in [0.4, 0.5) is 5.69 Å². The predicted octanol–water partition coefficient (Wildman–Crippen LogP) is -0.656. The summed E-state index contributed by atoms with van der Waals surface area (Å²) in [5.74, 6) is 5.10. The number of carbonyl (C=O) groups excluding carboxylic acids is 1. The highest BCUT2D eigenvalue weighted by Crippen LogP contribution is 2.11. The van der Waals surface area contributed by atoms with Crippen molar-refractivity contribution in [2.24, 2.45) is 5.84 Å². The van der Waals surface area contributed by atoms with Crippen LogP contribution in [0.25, 0.3) is 0 Å². The number of pyridine rings is 1. The maximum Gasteiger partial charge on any atom is 0.269 e. The average molecular weight is 237 g/mol. The highest BCUT2D eigenvalue weighted by molar-refractivity contribution is 5.98. The zero-order chi connectivity index (χ0) is 12.1.